The Hall–Kier alpha value is -2.93. The van der Waals surface area contributed by atoms with Crippen LogP contribution in [0.1, 0.15) is 43.5 Å². The number of nitrogens with zero attached hydrogens (tertiary/aromatic N) is 3. The number of piperazine rings is 1. The molecule has 4 aliphatic rings. The Labute approximate surface area is 237 Å². The van der Waals surface area contributed by atoms with E-state index in [4.69, 9.17) is 9.47 Å². The second kappa shape index (κ2) is 12.7. The van der Waals surface area contributed by atoms with Crippen molar-refractivity contribution >= 4 is 23.3 Å². The van der Waals surface area contributed by atoms with Gasteiger partial charge in [-0.15, -0.1) is 0 Å². The molecule has 0 aromatic heterocycles. The zero-order valence-electron chi connectivity index (χ0n) is 23.9. The first kappa shape index (κ1) is 28.6. The predicted octanol–water partition coefficient (Wildman–Crippen LogP) is 1.81. The van der Waals surface area contributed by atoms with Crippen molar-refractivity contribution in [1.82, 2.24) is 15.1 Å². The third-order valence-electron chi connectivity index (χ3n) is 8.31. The van der Waals surface area contributed by atoms with Gasteiger partial charge in [0, 0.05) is 63.5 Å². The average Bonchev–Trinajstić information content (AvgIpc) is 3.61. The number of carbonyl (C=O) groups is 3. The Bertz CT molecular complexity index is 1130. The second-order valence-corrected chi connectivity index (χ2v) is 11.9. The van der Waals surface area contributed by atoms with Crippen LogP contribution < -0.4 is 10.2 Å². The van der Waals surface area contributed by atoms with Gasteiger partial charge >= 0.3 is 0 Å². The number of fused-ring (bicyclic) bond motifs is 1. The number of rotatable bonds is 9. The lowest BCUT2D eigenvalue weighted by Crippen LogP contribution is -2.52. The first-order valence-electron chi connectivity index (χ1n) is 14.7. The number of methoxy groups -OCH3 is 1. The Kier molecular flexibility index (Phi) is 9.09. The number of carbonyl (C=O) groups excluding carboxylic acids is 3. The molecule has 0 bridgehead atoms. The Morgan fingerprint density at radius 1 is 1.10 bits per heavy atom. The van der Waals surface area contributed by atoms with Crippen LogP contribution in [0.4, 0.5) is 5.69 Å². The first-order valence-corrected chi connectivity index (χ1v) is 14.7. The highest BCUT2D eigenvalue weighted by molar-refractivity contribution is 5.99. The fraction of sp³-hybridized carbons (Fsp3) is 0.645. The monoisotopic (exact) mass is 550 g/mol. The van der Waals surface area contributed by atoms with Crippen LogP contribution in [0.25, 0.3) is 0 Å². The molecule has 0 spiro atoms. The summed E-state index contributed by atoms with van der Waals surface area (Å²) in [5.74, 6) is 6.41. The zero-order chi connectivity index (χ0) is 28.2. The standard InChI is InChI=1S/C31H42N4O5/c1-21(2)18-26(31(38)35-19-24(7-6-22-4-5-22)29-28(35)27(36)20-40-29)32-30(37)23-8-10-25(11-9-23)34-14-12-33(13-15-34)16-17-39-3/h8-11,21-22,24,26,28-29H,4-5,12-20H2,1-3H3,(H,32,37). The summed E-state index contributed by atoms with van der Waals surface area (Å²) in [7, 11) is 1.73. The number of hydrogen-bond acceptors (Lipinski definition) is 7. The highest BCUT2D eigenvalue weighted by atomic mass is 16.5. The van der Waals surface area contributed by atoms with Crippen LogP contribution in [0.15, 0.2) is 24.3 Å². The summed E-state index contributed by atoms with van der Waals surface area (Å²) in [6.07, 6.45) is 2.33. The molecule has 0 radical (unpaired) electrons. The highest BCUT2D eigenvalue weighted by Crippen LogP contribution is 2.34. The third-order valence-corrected chi connectivity index (χ3v) is 8.31. The fourth-order valence-electron chi connectivity index (χ4n) is 5.87. The van der Waals surface area contributed by atoms with Gasteiger partial charge in [-0.2, -0.15) is 0 Å². The van der Waals surface area contributed by atoms with Crippen molar-refractivity contribution in [2.75, 3.05) is 64.5 Å². The van der Waals surface area contributed by atoms with E-state index in [1.807, 2.05) is 38.1 Å². The fourth-order valence-corrected chi connectivity index (χ4v) is 5.87. The molecule has 4 fully saturated rings. The van der Waals surface area contributed by atoms with Crippen LogP contribution >= 0.6 is 0 Å². The zero-order valence-corrected chi connectivity index (χ0v) is 23.9. The molecule has 2 amide bonds. The number of hydrogen-bond donors (Lipinski definition) is 1. The number of amides is 2. The lowest BCUT2D eigenvalue weighted by Gasteiger charge is -2.36. The lowest BCUT2D eigenvalue weighted by molar-refractivity contribution is -0.138. The minimum atomic E-state index is -0.725. The Morgan fingerprint density at radius 3 is 2.48 bits per heavy atom. The van der Waals surface area contributed by atoms with Crippen LogP contribution in [0.2, 0.25) is 0 Å². The van der Waals surface area contributed by atoms with Gasteiger partial charge in [-0.05, 0) is 49.4 Å². The molecular formula is C31H42N4O5. The van der Waals surface area contributed by atoms with Crippen molar-refractivity contribution in [3.63, 3.8) is 0 Å². The number of nitrogens with one attached hydrogen (secondary N) is 1. The van der Waals surface area contributed by atoms with Crippen molar-refractivity contribution in [2.45, 2.75) is 51.3 Å². The number of ketones is 1. The quantitative estimate of drug-likeness (QED) is 0.469. The van der Waals surface area contributed by atoms with Crippen molar-refractivity contribution in [2.24, 2.45) is 17.8 Å². The lowest BCUT2D eigenvalue weighted by atomic mass is 10.0. The Balaban J connectivity index is 1.23. The van der Waals surface area contributed by atoms with Gasteiger partial charge in [0.1, 0.15) is 24.8 Å². The molecule has 5 rings (SSSR count). The van der Waals surface area contributed by atoms with Crippen molar-refractivity contribution in [1.29, 1.82) is 0 Å². The number of ether oxygens (including phenoxy) is 2. The predicted molar refractivity (Wildman–Crippen MR) is 152 cm³/mol. The summed E-state index contributed by atoms with van der Waals surface area (Å²) < 4.78 is 11.0. The van der Waals surface area contributed by atoms with Crippen molar-refractivity contribution in [3.05, 3.63) is 29.8 Å². The molecule has 1 aliphatic carbocycles. The molecule has 216 valence electrons. The van der Waals surface area contributed by atoms with Gasteiger partial charge < -0.3 is 24.6 Å². The largest absolute Gasteiger partial charge is 0.383 e. The summed E-state index contributed by atoms with van der Waals surface area (Å²) in [5, 5.41) is 2.99. The number of likely N-dealkylation sites (tertiary alicyclic amines) is 1. The number of Topliss-reactive ketones (excluding diaryl/α,β-unsaturated/α-hetero) is 1. The van der Waals surface area contributed by atoms with Crippen molar-refractivity contribution < 1.29 is 23.9 Å². The van der Waals surface area contributed by atoms with Crippen LogP contribution in [-0.2, 0) is 19.1 Å². The normalized spacial score (nSPS) is 25.5. The van der Waals surface area contributed by atoms with Gasteiger partial charge in [0.05, 0.1) is 12.5 Å². The van der Waals surface area contributed by atoms with E-state index in [-0.39, 0.29) is 42.1 Å². The molecular weight excluding hydrogens is 508 g/mol. The summed E-state index contributed by atoms with van der Waals surface area (Å²) in [5.41, 5.74) is 1.59. The number of anilines is 1. The molecule has 9 nitrogen and oxygen atoms in total. The van der Waals surface area contributed by atoms with E-state index in [1.165, 1.54) is 0 Å². The molecule has 4 unspecified atom stereocenters. The van der Waals surface area contributed by atoms with Gasteiger partial charge in [0.2, 0.25) is 5.91 Å². The van der Waals surface area contributed by atoms with E-state index in [0.717, 1.165) is 57.9 Å². The molecule has 4 atom stereocenters. The van der Waals surface area contributed by atoms with Gasteiger partial charge in [0.25, 0.3) is 5.91 Å². The molecule has 3 saturated heterocycles. The van der Waals surface area contributed by atoms with Crippen molar-refractivity contribution in [3.8, 4) is 11.8 Å². The Morgan fingerprint density at radius 2 is 1.82 bits per heavy atom. The SMILES string of the molecule is COCCN1CCN(c2ccc(C(=O)NC(CC(C)C)C(=O)N3CC(C#CC4CC4)C4OCC(=O)C43)cc2)CC1. The van der Waals surface area contributed by atoms with Gasteiger partial charge in [0.15, 0.2) is 5.78 Å². The van der Waals surface area contributed by atoms with Gasteiger partial charge in [-0.25, -0.2) is 0 Å². The second-order valence-electron chi connectivity index (χ2n) is 11.9. The van der Waals surface area contributed by atoms with Gasteiger partial charge in [-0.3, -0.25) is 19.3 Å². The molecule has 3 heterocycles. The molecule has 1 aromatic carbocycles. The minimum absolute atomic E-state index is 0.0104. The van der Waals surface area contributed by atoms with Crippen LogP contribution in [-0.4, -0.2) is 105 Å². The molecule has 1 N–H and O–H groups in total. The van der Waals surface area contributed by atoms with E-state index in [9.17, 15) is 14.4 Å². The maximum atomic E-state index is 13.8. The molecule has 9 heteroatoms. The summed E-state index contributed by atoms with van der Waals surface area (Å²) in [4.78, 5) is 46.2. The minimum Gasteiger partial charge on any atom is -0.383 e. The summed E-state index contributed by atoms with van der Waals surface area (Å²) in [6, 6.07) is 6.25. The molecule has 3 aliphatic heterocycles. The molecule has 1 aromatic rings. The van der Waals surface area contributed by atoms with Crippen LogP contribution in [0.3, 0.4) is 0 Å². The smallest absolute Gasteiger partial charge is 0.251 e. The van der Waals surface area contributed by atoms with E-state index in [1.54, 1.807) is 12.0 Å². The van der Waals surface area contributed by atoms with E-state index >= 15 is 0 Å². The van der Waals surface area contributed by atoms with E-state index in [0.29, 0.717) is 24.4 Å². The van der Waals surface area contributed by atoms with E-state index < -0.39 is 12.1 Å². The third kappa shape index (κ3) is 6.68. The van der Waals surface area contributed by atoms with E-state index in [2.05, 4.69) is 27.0 Å². The average molecular weight is 551 g/mol. The summed E-state index contributed by atoms with van der Waals surface area (Å²) in [6.45, 7) is 9.89. The number of benzene rings is 1. The molecule has 40 heavy (non-hydrogen) atoms. The van der Waals surface area contributed by atoms with Crippen LogP contribution in [0.5, 0.6) is 0 Å². The maximum absolute atomic E-state index is 13.8. The topological polar surface area (TPSA) is 91.4 Å². The van der Waals surface area contributed by atoms with Crippen LogP contribution in [0, 0.1) is 29.6 Å². The summed E-state index contributed by atoms with van der Waals surface area (Å²) >= 11 is 0. The highest BCUT2D eigenvalue weighted by Gasteiger charge is 2.52. The maximum Gasteiger partial charge on any atom is 0.251 e. The molecule has 1 saturated carbocycles. The van der Waals surface area contributed by atoms with Gasteiger partial charge in [-0.1, -0.05) is 25.7 Å². The first-order chi connectivity index (χ1) is 19.3.